The molecule has 0 atom stereocenters. The van der Waals surface area contributed by atoms with Crippen molar-refractivity contribution in [1.29, 1.82) is 0 Å². The largest absolute Gasteiger partial charge is 0.495 e. The number of piperazine rings is 1. The number of benzene rings is 2. The maximum absolute atomic E-state index is 13.4. The lowest BCUT2D eigenvalue weighted by molar-refractivity contribution is 0.260. The van der Waals surface area contributed by atoms with Crippen molar-refractivity contribution in [3.63, 3.8) is 0 Å². The number of thiophene rings is 1. The summed E-state index contributed by atoms with van der Waals surface area (Å²) in [7, 11) is 1.73. The van der Waals surface area contributed by atoms with Crippen LogP contribution < -0.4 is 9.64 Å². The van der Waals surface area contributed by atoms with Crippen molar-refractivity contribution in [1.82, 2.24) is 14.7 Å². The first-order valence-corrected chi connectivity index (χ1v) is 12.1. The highest BCUT2D eigenvalue weighted by molar-refractivity contribution is 7.13. The lowest BCUT2D eigenvalue weighted by Crippen LogP contribution is -2.47. The molecule has 33 heavy (non-hydrogen) atoms. The lowest BCUT2D eigenvalue weighted by Gasteiger charge is -2.36. The highest BCUT2D eigenvalue weighted by Crippen LogP contribution is 2.31. The van der Waals surface area contributed by atoms with Crippen LogP contribution in [0.4, 0.5) is 10.1 Å². The third kappa shape index (κ3) is 4.65. The van der Waals surface area contributed by atoms with E-state index in [-0.39, 0.29) is 5.82 Å². The Bertz CT molecular complexity index is 1180. The minimum Gasteiger partial charge on any atom is -0.495 e. The van der Waals surface area contributed by atoms with Gasteiger partial charge in [-0.3, -0.25) is 4.90 Å². The average Bonchev–Trinajstić information content (AvgIpc) is 3.53. The van der Waals surface area contributed by atoms with E-state index in [0.29, 0.717) is 0 Å². The van der Waals surface area contributed by atoms with Gasteiger partial charge in [0.2, 0.25) is 0 Å². The molecule has 2 aromatic carbocycles. The van der Waals surface area contributed by atoms with Gasteiger partial charge in [-0.2, -0.15) is 5.10 Å². The number of aromatic nitrogens is 2. The maximum Gasteiger partial charge on any atom is 0.142 e. The van der Waals surface area contributed by atoms with Gasteiger partial charge in [-0.1, -0.05) is 18.2 Å². The zero-order chi connectivity index (χ0) is 22.6. The van der Waals surface area contributed by atoms with E-state index in [1.54, 1.807) is 30.6 Å². The zero-order valence-electron chi connectivity index (χ0n) is 18.7. The summed E-state index contributed by atoms with van der Waals surface area (Å²) in [5, 5.41) is 6.75. The number of halogens is 1. The fourth-order valence-electron chi connectivity index (χ4n) is 4.40. The van der Waals surface area contributed by atoms with Crippen LogP contribution in [0.25, 0.3) is 16.3 Å². The number of anilines is 1. The molecule has 1 aliphatic heterocycles. The second-order valence-electron chi connectivity index (χ2n) is 8.13. The number of rotatable bonds is 7. The van der Waals surface area contributed by atoms with Crippen molar-refractivity contribution in [2.24, 2.45) is 0 Å². The molecule has 0 amide bonds. The highest BCUT2D eigenvalue weighted by Gasteiger charge is 2.21. The summed E-state index contributed by atoms with van der Waals surface area (Å²) < 4.78 is 20.9. The van der Waals surface area contributed by atoms with Gasteiger partial charge in [-0.15, -0.1) is 11.3 Å². The monoisotopic (exact) mass is 462 g/mol. The molecule has 7 heteroatoms. The minimum absolute atomic E-state index is 0.240. The van der Waals surface area contributed by atoms with E-state index in [4.69, 9.17) is 4.74 Å². The number of nitrogens with zero attached hydrogens (tertiary/aromatic N) is 4. The van der Waals surface area contributed by atoms with Crippen LogP contribution in [-0.2, 0) is 6.42 Å². The standard InChI is InChI=1S/C26H27FN4OS/c1-32-24-6-3-2-5-23(24)30-16-14-29(15-17-30)13-12-20-19-28-31(22-10-8-21(27)9-11-22)26(20)25-7-4-18-33-25/h2-11,18-19H,12-17H2,1H3. The molecule has 0 N–H and O–H groups in total. The molecule has 0 saturated carbocycles. The summed E-state index contributed by atoms with van der Waals surface area (Å²) in [4.78, 5) is 6.09. The third-order valence-electron chi connectivity index (χ3n) is 6.17. The Morgan fingerprint density at radius 2 is 1.76 bits per heavy atom. The van der Waals surface area contributed by atoms with E-state index in [0.717, 1.165) is 56.3 Å². The van der Waals surface area contributed by atoms with E-state index >= 15 is 0 Å². The number of para-hydroxylation sites is 2. The fourth-order valence-corrected chi connectivity index (χ4v) is 5.19. The van der Waals surface area contributed by atoms with E-state index in [9.17, 15) is 4.39 Å². The predicted molar refractivity (Wildman–Crippen MR) is 132 cm³/mol. The molecule has 4 aromatic rings. The van der Waals surface area contributed by atoms with E-state index in [2.05, 4.69) is 44.5 Å². The molecule has 0 radical (unpaired) electrons. The molecule has 1 aliphatic rings. The van der Waals surface area contributed by atoms with Crippen LogP contribution in [0.1, 0.15) is 5.56 Å². The van der Waals surface area contributed by atoms with Gasteiger partial charge < -0.3 is 9.64 Å². The Balaban J connectivity index is 1.28. The predicted octanol–water partition coefficient (Wildman–Crippen LogP) is 5.11. The maximum atomic E-state index is 13.4. The SMILES string of the molecule is COc1ccccc1N1CCN(CCc2cnn(-c3ccc(F)cc3)c2-c2cccs2)CC1. The summed E-state index contributed by atoms with van der Waals surface area (Å²) in [5.74, 6) is 0.691. The van der Waals surface area contributed by atoms with Gasteiger partial charge >= 0.3 is 0 Å². The van der Waals surface area contributed by atoms with Crippen molar-refractivity contribution in [3.8, 4) is 22.0 Å². The Morgan fingerprint density at radius 1 is 0.970 bits per heavy atom. The molecule has 5 nitrogen and oxygen atoms in total. The van der Waals surface area contributed by atoms with Crippen LogP contribution in [0.5, 0.6) is 5.75 Å². The van der Waals surface area contributed by atoms with Crippen molar-refractivity contribution in [3.05, 3.63) is 83.6 Å². The van der Waals surface area contributed by atoms with Crippen LogP contribution in [0.3, 0.4) is 0 Å². The van der Waals surface area contributed by atoms with Gasteiger partial charge in [0.1, 0.15) is 11.6 Å². The van der Waals surface area contributed by atoms with E-state index in [1.807, 2.05) is 23.0 Å². The minimum atomic E-state index is -0.240. The Kier molecular flexibility index (Phi) is 6.41. The van der Waals surface area contributed by atoms with Crippen LogP contribution in [0.2, 0.25) is 0 Å². The molecule has 0 unspecified atom stereocenters. The van der Waals surface area contributed by atoms with Crippen molar-refractivity contribution in [2.75, 3.05) is 44.7 Å². The quantitative estimate of drug-likeness (QED) is 0.382. The molecule has 0 spiro atoms. The molecule has 0 aliphatic carbocycles. The smallest absolute Gasteiger partial charge is 0.142 e. The van der Waals surface area contributed by atoms with Gasteiger partial charge in [0.05, 0.1) is 35.3 Å². The molecule has 1 saturated heterocycles. The van der Waals surface area contributed by atoms with Crippen molar-refractivity contribution >= 4 is 17.0 Å². The second kappa shape index (κ2) is 9.77. The zero-order valence-corrected chi connectivity index (χ0v) is 19.5. The van der Waals surface area contributed by atoms with Crippen molar-refractivity contribution < 1.29 is 9.13 Å². The third-order valence-corrected chi connectivity index (χ3v) is 7.04. The number of hydrogen-bond acceptors (Lipinski definition) is 5. The fraction of sp³-hybridized carbons (Fsp3) is 0.269. The highest BCUT2D eigenvalue weighted by atomic mass is 32.1. The second-order valence-corrected chi connectivity index (χ2v) is 9.08. The Hall–Kier alpha value is -3.16. The summed E-state index contributed by atoms with van der Waals surface area (Å²) >= 11 is 1.70. The first-order valence-electron chi connectivity index (χ1n) is 11.2. The van der Waals surface area contributed by atoms with Gasteiger partial charge in [-0.25, -0.2) is 9.07 Å². The van der Waals surface area contributed by atoms with Crippen LogP contribution in [0, 0.1) is 5.82 Å². The summed E-state index contributed by atoms with van der Waals surface area (Å²) in [6.45, 7) is 4.96. The Labute approximate surface area is 197 Å². The normalized spacial score (nSPS) is 14.5. The Morgan fingerprint density at radius 3 is 2.48 bits per heavy atom. The van der Waals surface area contributed by atoms with Gasteiger partial charge in [0.25, 0.3) is 0 Å². The first kappa shape index (κ1) is 21.7. The number of ether oxygens (including phenoxy) is 1. The molecule has 2 aromatic heterocycles. The van der Waals surface area contributed by atoms with Gasteiger partial charge in [0, 0.05) is 38.3 Å². The average molecular weight is 463 g/mol. The van der Waals surface area contributed by atoms with E-state index < -0.39 is 0 Å². The summed E-state index contributed by atoms with van der Waals surface area (Å²) in [5.41, 5.74) is 4.36. The summed E-state index contributed by atoms with van der Waals surface area (Å²) in [6, 6.07) is 18.9. The van der Waals surface area contributed by atoms with Crippen LogP contribution in [0.15, 0.2) is 72.2 Å². The molecule has 5 rings (SSSR count). The summed E-state index contributed by atoms with van der Waals surface area (Å²) in [6.07, 6.45) is 2.88. The molecular formula is C26H27FN4OS. The van der Waals surface area contributed by atoms with Crippen LogP contribution >= 0.6 is 11.3 Å². The van der Waals surface area contributed by atoms with Crippen LogP contribution in [-0.4, -0.2) is 54.5 Å². The topological polar surface area (TPSA) is 33.5 Å². The first-order chi connectivity index (χ1) is 16.2. The number of methoxy groups -OCH3 is 1. The molecule has 0 bridgehead atoms. The van der Waals surface area contributed by atoms with Gasteiger partial charge in [-0.05, 0) is 54.3 Å². The molecular weight excluding hydrogens is 435 g/mol. The molecule has 170 valence electrons. The van der Waals surface area contributed by atoms with E-state index in [1.165, 1.54) is 28.3 Å². The van der Waals surface area contributed by atoms with Crippen molar-refractivity contribution in [2.45, 2.75) is 6.42 Å². The number of hydrogen-bond donors (Lipinski definition) is 0. The molecule has 1 fully saturated rings. The molecule has 3 heterocycles. The lowest BCUT2D eigenvalue weighted by atomic mass is 10.1. The van der Waals surface area contributed by atoms with Gasteiger partial charge in [0.15, 0.2) is 0 Å².